The van der Waals surface area contributed by atoms with Crippen LogP contribution in [0.15, 0.2) is 48.5 Å². The first-order valence-corrected chi connectivity index (χ1v) is 5.84. The Bertz CT molecular complexity index is 515. The molecule has 0 heterocycles. The molecule has 2 aromatic rings. The van der Waals surface area contributed by atoms with Crippen molar-refractivity contribution < 1.29 is 8.78 Å². The number of benzene rings is 2. The number of aryl methyl sites for hydroxylation is 1. The highest BCUT2D eigenvalue weighted by Gasteiger charge is 2.10. The first kappa shape index (κ1) is 12.8. The second-order valence-electron chi connectivity index (χ2n) is 4.00. The molecule has 0 N–H and O–H groups in total. The molecule has 0 aliphatic rings. The molecule has 2 aromatic carbocycles. The number of hydrogen-bond acceptors (Lipinski definition) is 0. The molecule has 0 saturated heterocycles. The number of rotatable bonds is 2. The van der Waals surface area contributed by atoms with Crippen molar-refractivity contribution in [2.75, 3.05) is 0 Å². The van der Waals surface area contributed by atoms with Crippen LogP contribution >= 0.6 is 11.6 Å². The monoisotopic (exact) mass is 264 g/mol. The maximum absolute atomic E-state index is 13.9. The largest absolute Gasteiger partial charge is 0.203 e. The molecule has 0 bridgehead atoms. The number of hydrogen-bond donors (Lipinski definition) is 0. The average Bonchev–Trinajstić information content (AvgIpc) is 2.39. The third-order valence-electron chi connectivity index (χ3n) is 2.60. The van der Waals surface area contributed by atoms with Gasteiger partial charge in [0, 0.05) is 16.1 Å². The Hall–Kier alpha value is -1.67. The van der Waals surface area contributed by atoms with Crippen LogP contribution in [-0.4, -0.2) is 0 Å². The zero-order valence-electron chi connectivity index (χ0n) is 9.75. The molecular weight excluding hydrogens is 254 g/mol. The Kier molecular flexibility index (Phi) is 3.78. The molecule has 2 rings (SSSR count). The Balaban J connectivity index is 2.40. The number of halogens is 3. The summed E-state index contributed by atoms with van der Waals surface area (Å²) in [6, 6.07) is 12.5. The summed E-state index contributed by atoms with van der Waals surface area (Å²) in [4.78, 5) is 0. The second kappa shape index (κ2) is 5.32. The van der Waals surface area contributed by atoms with E-state index in [0.717, 1.165) is 5.56 Å². The molecule has 0 aliphatic carbocycles. The van der Waals surface area contributed by atoms with Crippen LogP contribution in [-0.2, 0) is 0 Å². The van der Waals surface area contributed by atoms with Crippen molar-refractivity contribution in [1.82, 2.24) is 0 Å². The van der Waals surface area contributed by atoms with E-state index in [2.05, 4.69) is 0 Å². The average molecular weight is 265 g/mol. The van der Waals surface area contributed by atoms with Crippen molar-refractivity contribution in [2.45, 2.75) is 6.92 Å². The molecule has 0 radical (unpaired) electrons. The van der Waals surface area contributed by atoms with Gasteiger partial charge in [-0.15, -0.1) is 0 Å². The maximum Gasteiger partial charge on any atom is 0.166 e. The smallest absolute Gasteiger partial charge is 0.166 e. The van der Waals surface area contributed by atoms with E-state index in [4.69, 9.17) is 11.6 Å². The third kappa shape index (κ3) is 2.77. The van der Waals surface area contributed by atoms with Crippen LogP contribution in [0.2, 0.25) is 5.02 Å². The van der Waals surface area contributed by atoms with Gasteiger partial charge in [0.25, 0.3) is 0 Å². The zero-order valence-corrected chi connectivity index (χ0v) is 10.5. The normalized spacial score (nSPS) is 12.2. The summed E-state index contributed by atoms with van der Waals surface area (Å²) >= 11 is 5.70. The van der Waals surface area contributed by atoms with E-state index in [9.17, 15) is 8.78 Å². The van der Waals surface area contributed by atoms with Gasteiger partial charge in [0.05, 0.1) is 0 Å². The topological polar surface area (TPSA) is 0 Å². The van der Waals surface area contributed by atoms with E-state index in [-0.39, 0.29) is 11.1 Å². The van der Waals surface area contributed by atoms with Crippen LogP contribution < -0.4 is 0 Å². The summed E-state index contributed by atoms with van der Waals surface area (Å²) in [6.07, 6.45) is 0. The van der Waals surface area contributed by atoms with Crippen LogP contribution in [0.1, 0.15) is 16.7 Å². The van der Waals surface area contributed by atoms with Crippen LogP contribution in [0, 0.1) is 6.92 Å². The molecule has 0 aliphatic heterocycles. The summed E-state index contributed by atoms with van der Waals surface area (Å²) in [5.41, 5.74) is 1.41. The zero-order chi connectivity index (χ0) is 13.1. The minimum atomic E-state index is -0.879. The van der Waals surface area contributed by atoms with E-state index in [0.29, 0.717) is 5.02 Å². The highest BCUT2D eigenvalue weighted by Crippen LogP contribution is 2.29. The highest BCUT2D eigenvalue weighted by molar-refractivity contribution is 6.30. The Morgan fingerprint density at radius 3 is 1.61 bits per heavy atom. The fraction of sp³-hybridized carbons (Fsp3) is 0.0667. The molecule has 0 aromatic heterocycles. The van der Waals surface area contributed by atoms with Crippen molar-refractivity contribution in [3.63, 3.8) is 0 Å². The lowest BCUT2D eigenvalue weighted by Gasteiger charge is -2.03. The molecule has 0 saturated carbocycles. The van der Waals surface area contributed by atoms with Gasteiger partial charge >= 0.3 is 0 Å². The second-order valence-corrected chi connectivity index (χ2v) is 4.44. The van der Waals surface area contributed by atoms with Gasteiger partial charge in [0.15, 0.2) is 11.7 Å². The van der Waals surface area contributed by atoms with Gasteiger partial charge < -0.3 is 0 Å². The lowest BCUT2D eigenvalue weighted by Crippen LogP contribution is -1.84. The maximum atomic E-state index is 13.9. The van der Waals surface area contributed by atoms with Gasteiger partial charge in [-0.1, -0.05) is 53.6 Å². The molecule has 0 fully saturated rings. The summed E-state index contributed by atoms with van der Waals surface area (Å²) < 4.78 is 27.8. The first-order chi connectivity index (χ1) is 8.58. The molecule has 3 heteroatoms. The Morgan fingerprint density at radius 1 is 0.778 bits per heavy atom. The van der Waals surface area contributed by atoms with Gasteiger partial charge in [-0.25, -0.2) is 8.78 Å². The molecule has 0 unspecified atom stereocenters. The van der Waals surface area contributed by atoms with Crippen LogP contribution in [0.25, 0.3) is 11.7 Å². The van der Waals surface area contributed by atoms with Gasteiger partial charge in [0.1, 0.15) is 0 Å². The molecule has 0 amide bonds. The standard InChI is InChI=1S/C15H11ClF2/c1-10-2-4-11(5-3-10)14(17)15(18)12-6-8-13(16)9-7-12/h2-9H,1H3. The molecule has 0 spiro atoms. The van der Waals surface area contributed by atoms with Crippen LogP contribution in [0.3, 0.4) is 0 Å². The molecule has 0 nitrogen and oxygen atoms in total. The van der Waals surface area contributed by atoms with E-state index >= 15 is 0 Å². The van der Waals surface area contributed by atoms with E-state index in [1.165, 1.54) is 24.3 Å². The summed E-state index contributed by atoms with van der Waals surface area (Å²) in [7, 11) is 0. The van der Waals surface area contributed by atoms with E-state index < -0.39 is 11.7 Å². The van der Waals surface area contributed by atoms with Crippen molar-refractivity contribution >= 4 is 23.3 Å². The van der Waals surface area contributed by atoms with Crippen LogP contribution in [0.5, 0.6) is 0 Å². The predicted molar refractivity (Wildman–Crippen MR) is 71.7 cm³/mol. The lowest BCUT2D eigenvalue weighted by molar-refractivity contribution is 0.700. The van der Waals surface area contributed by atoms with Crippen LogP contribution in [0.4, 0.5) is 8.78 Å². The highest BCUT2D eigenvalue weighted by atomic mass is 35.5. The van der Waals surface area contributed by atoms with Crippen molar-refractivity contribution in [3.8, 4) is 0 Å². The molecular formula is C15H11ClF2. The third-order valence-corrected chi connectivity index (χ3v) is 2.85. The van der Waals surface area contributed by atoms with Gasteiger partial charge in [-0.3, -0.25) is 0 Å². The summed E-state index contributed by atoms with van der Waals surface area (Å²) in [6.45, 7) is 1.89. The fourth-order valence-corrected chi connectivity index (χ4v) is 1.68. The van der Waals surface area contributed by atoms with E-state index in [1.807, 2.05) is 6.92 Å². The SMILES string of the molecule is Cc1ccc(C(F)=C(F)c2ccc(Cl)cc2)cc1. The fourth-order valence-electron chi connectivity index (χ4n) is 1.55. The lowest BCUT2D eigenvalue weighted by atomic mass is 10.1. The quantitative estimate of drug-likeness (QED) is 0.636. The van der Waals surface area contributed by atoms with Gasteiger partial charge in [-0.05, 0) is 19.1 Å². The molecule has 92 valence electrons. The first-order valence-electron chi connectivity index (χ1n) is 5.46. The van der Waals surface area contributed by atoms with E-state index in [1.54, 1.807) is 24.3 Å². The minimum Gasteiger partial charge on any atom is -0.203 e. The van der Waals surface area contributed by atoms with Gasteiger partial charge in [0.2, 0.25) is 0 Å². The predicted octanol–water partition coefficient (Wildman–Crippen LogP) is 5.41. The summed E-state index contributed by atoms with van der Waals surface area (Å²) in [5, 5.41) is 0.488. The van der Waals surface area contributed by atoms with Crippen molar-refractivity contribution in [3.05, 3.63) is 70.2 Å². The molecule has 0 atom stereocenters. The van der Waals surface area contributed by atoms with Crippen molar-refractivity contribution in [2.24, 2.45) is 0 Å². The summed E-state index contributed by atoms with van der Waals surface area (Å²) in [5.74, 6) is -1.74. The van der Waals surface area contributed by atoms with Crippen molar-refractivity contribution in [1.29, 1.82) is 0 Å². The Labute approximate surface area is 110 Å². The minimum absolute atomic E-state index is 0.178. The Morgan fingerprint density at radius 2 is 1.17 bits per heavy atom. The van der Waals surface area contributed by atoms with Gasteiger partial charge in [-0.2, -0.15) is 0 Å². The molecule has 18 heavy (non-hydrogen) atoms.